The predicted molar refractivity (Wildman–Crippen MR) is 82.3 cm³/mol. The van der Waals surface area contributed by atoms with Crippen molar-refractivity contribution in [2.75, 3.05) is 26.7 Å². The van der Waals surface area contributed by atoms with Crippen LogP contribution in [0.1, 0.15) is 15.9 Å². The average molecular weight is 281 g/mol. The molecule has 3 heteroatoms. The van der Waals surface area contributed by atoms with Gasteiger partial charge in [0.1, 0.15) is 0 Å². The summed E-state index contributed by atoms with van der Waals surface area (Å²) in [5.41, 5.74) is 0.706. The number of carbonyl (C=O) groups excluding carboxylic acids is 1. The zero-order valence-corrected chi connectivity index (χ0v) is 12.2. The average Bonchev–Trinajstić information content (AvgIpc) is 2.55. The van der Waals surface area contributed by atoms with E-state index in [1.807, 2.05) is 67.7 Å². The van der Waals surface area contributed by atoms with E-state index >= 15 is 0 Å². The lowest BCUT2D eigenvalue weighted by molar-refractivity contribution is -0.0824. The molecule has 3 rings (SSSR count). The van der Waals surface area contributed by atoms with Crippen LogP contribution in [-0.4, -0.2) is 37.4 Å². The summed E-state index contributed by atoms with van der Waals surface area (Å²) >= 11 is 0. The van der Waals surface area contributed by atoms with Crippen LogP contribution in [0.3, 0.4) is 0 Å². The quantitative estimate of drug-likeness (QED) is 0.810. The Morgan fingerprint density at radius 3 is 2.29 bits per heavy atom. The number of rotatable bonds is 3. The van der Waals surface area contributed by atoms with Crippen molar-refractivity contribution in [3.05, 3.63) is 71.8 Å². The highest BCUT2D eigenvalue weighted by Crippen LogP contribution is 2.33. The van der Waals surface area contributed by atoms with Gasteiger partial charge in [0, 0.05) is 18.7 Å². The van der Waals surface area contributed by atoms with E-state index in [0.29, 0.717) is 18.7 Å². The van der Waals surface area contributed by atoms with Gasteiger partial charge in [0.2, 0.25) is 5.78 Å². The van der Waals surface area contributed by atoms with Crippen molar-refractivity contribution in [3.8, 4) is 0 Å². The number of morpholine rings is 1. The van der Waals surface area contributed by atoms with E-state index in [9.17, 15) is 4.79 Å². The van der Waals surface area contributed by atoms with Gasteiger partial charge in [-0.2, -0.15) is 0 Å². The van der Waals surface area contributed by atoms with E-state index in [-0.39, 0.29) is 5.78 Å². The molecule has 0 N–H and O–H groups in total. The highest BCUT2D eigenvalue weighted by molar-refractivity contribution is 6.03. The molecule has 0 amide bonds. The number of hydrogen-bond donors (Lipinski definition) is 0. The molecule has 21 heavy (non-hydrogen) atoms. The van der Waals surface area contributed by atoms with Gasteiger partial charge in [0.15, 0.2) is 5.60 Å². The van der Waals surface area contributed by atoms with Crippen molar-refractivity contribution in [3.63, 3.8) is 0 Å². The van der Waals surface area contributed by atoms with Crippen LogP contribution in [0.25, 0.3) is 0 Å². The number of likely N-dealkylation sites (N-methyl/N-ethyl adjacent to an activating group) is 1. The van der Waals surface area contributed by atoms with Gasteiger partial charge in [-0.3, -0.25) is 4.79 Å². The SMILES string of the molecule is CN1CCOC(C(=O)c2ccccc2)(c2ccccc2)C1. The summed E-state index contributed by atoms with van der Waals surface area (Å²) in [6.45, 7) is 1.98. The van der Waals surface area contributed by atoms with Crippen LogP contribution in [0.4, 0.5) is 0 Å². The zero-order chi connectivity index (χ0) is 14.7. The number of nitrogens with zero attached hydrogens (tertiary/aromatic N) is 1. The number of ether oxygens (including phenoxy) is 1. The molecular formula is C18H19NO2. The van der Waals surface area contributed by atoms with Crippen LogP contribution in [0, 0.1) is 0 Å². The summed E-state index contributed by atoms with van der Waals surface area (Å²) < 4.78 is 6.05. The van der Waals surface area contributed by atoms with Crippen molar-refractivity contribution >= 4 is 5.78 Å². The summed E-state index contributed by atoms with van der Waals surface area (Å²) in [6.07, 6.45) is 0. The largest absolute Gasteiger partial charge is 0.359 e. The van der Waals surface area contributed by atoms with Crippen LogP contribution in [0.15, 0.2) is 60.7 Å². The summed E-state index contributed by atoms with van der Waals surface area (Å²) in [5, 5.41) is 0. The normalized spacial score (nSPS) is 22.9. The Morgan fingerprint density at radius 2 is 1.67 bits per heavy atom. The molecule has 1 fully saturated rings. The van der Waals surface area contributed by atoms with E-state index in [1.165, 1.54) is 0 Å². The molecule has 2 aromatic rings. The maximum absolute atomic E-state index is 13.1. The fourth-order valence-electron chi connectivity index (χ4n) is 2.85. The Labute approximate surface area is 125 Å². The van der Waals surface area contributed by atoms with Gasteiger partial charge in [-0.1, -0.05) is 60.7 Å². The molecule has 3 nitrogen and oxygen atoms in total. The van der Waals surface area contributed by atoms with E-state index < -0.39 is 5.60 Å². The number of hydrogen-bond acceptors (Lipinski definition) is 3. The lowest BCUT2D eigenvalue weighted by Crippen LogP contribution is -2.53. The molecule has 2 aromatic carbocycles. The molecule has 108 valence electrons. The third kappa shape index (κ3) is 2.62. The molecule has 1 heterocycles. The Balaban J connectivity index is 2.07. The third-order valence-electron chi connectivity index (χ3n) is 3.96. The number of ketones is 1. The fourth-order valence-corrected chi connectivity index (χ4v) is 2.85. The number of Topliss-reactive ketones (excluding diaryl/α,β-unsaturated/α-hetero) is 1. The van der Waals surface area contributed by atoms with E-state index in [1.54, 1.807) is 0 Å². The molecule has 0 spiro atoms. The molecule has 1 saturated heterocycles. The van der Waals surface area contributed by atoms with E-state index in [2.05, 4.69) is 4.90 Å². The molecule has 0 bridgehead atoms. The minimum Gasteiger partial charge on any atom is -0.359 e. The first-order valence-electron chi connectivity index (χ1n) is 7.20. The maximum atomic E-state index is 13.1. The number of carbonyl (C=O) groups is 1. The molecular weight excluding hydrogens is 262 g/mol. The van der Waals surface area contributed by atoms with Crippen LogP contribution < -0.4 is 0 Å². The van der Waals surface area contributed by atoms with Crippen molar-refractivity contribution < 1.29 is 9.53 Å². The first-order chi connectivity index (χ1) is 10.2. The van der Waals surface area contributed by atoms with Gasteiger partial charge in [-0.05, 0) is 12.6 Å². The van der Waals surface area contributed by atoms with Crippen molar-refractivity contribution in [1.29, 1.82) is 0 Å². The van der Waals surface area contributed by atoms with Gasteiger partial charge >= 0.3 is 0 Å². The Kier molecular flexibility index (Phi) is 3.86. The lowest BCUT2D eigenvalue weighted by Gasteiger charge is -2.40. The summed E-state index contributed by atoms with van der Waals surface area (Å²) in [4.78, 5) is 15.3. The number of benzene rings is 2. The standard InChI is InChI=1S/C18H19NO2/c1-19-12-13-21-18(14-19,16-10-6-3-7-11-16)17(20)15-8-4-2-5-9-15/h2-11H,12-14H2,1H3. The summed E-state index contributed by atoms with van der Waals surface area (Å²) in [6, 6.07) is 19.2. The second kappa shape index (κ2) is 5.80. The highest BCUT2D eigenvalue weighted by Gasteiger charge is 2.44. The van der Waals surface area contributed by atoms with Crippen LogP contribution in [-0.2, 0) is 10.3 Å². The predicted octanol–water partition coefficient (Wildman–Crippen LogP) is 2.73. The van der Waals surface area contributed by atoms with Crippen molar-refractivity contribution in [1.82, 2.24) is 4.90 Å². The second-order valence-corrected chi connectivity index (χ2v) is 5.47. The van der Waals surface area contributed by atoms with Crippen LogP contribution in [0.2, 0.25) is 0 Å². The second-order valence-electron chi connectivity index (χ2n) is 5.47. The summed E-state index contributed by atoms with van der Waals surface area (Å²) in [7, 11) is 2.03. The first-order valence-corrected chi connectivity index (χ1v) is 7.20. The van der Waals surface area contributed by atoms with Gasteiger partial charge in [0.05, 0.1) is 6.61 Å². The van der Waals surface area contributed by atoms with Gasteiger partial charge in [-0.15, -0.1) is 0 Å². The molecule has 0 saturated carbocycles. The molecule has 1 unspecified atom stereocenters. The van der Waals surface area contributed by atoms with E-state index in [0.717, 1.165) is 12.1 Å². The van der Waals surface area contributed by atoms with Crippen molar-refractivity contribution in [2.45, 2.75) is 5.60 Å². The molecule has 0 aliphatic carbocycles. The van der Waals surface area contributed by atoms with Gasteiger partial charge in [0.25, 0.3) is 0 Å². The van der Waals surface area contributed by atoms with Gasteiger partial charge < -0.3 is 9.64 Å². The molecule has 0 aromatic heterocycles. The molecule has 0 radical (unpaired) electrons. The van der Waals surface area contributed by atoms with E-state index in [4.69, 9.17) is 4.74 Å². The van der Waals surface area contributed by atoms with Crippen LogP contribution >= 0.6 is 0 Å². The zero-order valence-electron chi connectivity index (χ0n) is 12.2. The fraction of sp³-hybridized carbons (Fsp3) is 0.278. The Hall–Kier alpha value is -1.97. The summed E-state index contributed by atoms with van der Waals surface area (Å²) in [5.74, 6) is 0.0286. The van der Waals surface area contributed by atoms with Gasteiger partial charge in [-0.25, -0.2) is 0 Å². The smallest absolute Gasteiger partial charge is 0.200 e. The minimum atomic E-state index is -0.907. The maximum Gasteiger partial charge on any atom is 0.200 e. The topological polar surface area (TPSA) is 29.5 Å². The Bertz CT molecular complexity index is 612. The lowest BCUT2D eigenvalue weighted by atomic mass is 9.84. The molecule has 1 aliphatic heterocycles. The highest BCUT2D eigenvalue weighted by atomic mass is 16.5. The minimum absolute atomic E-state index is 0.0286. The Morgan fingerprint density at radius 1 is 1.05 bits per heavy atom. The molecule has 1 atom stereocenters. The van der Waals surface area contributed by atoms with Crippen molar-refractivity contribution in [2.24, 2.45) is 0 Å². The molecule has 1 aliphatic rings. The first kappa shape index (κ1) is 14.0. The van der Waals surface area contributed by atoms with Crippen LogP contribution in [0.5, 0.6) is 0 Å². The monoisotopic (exact) mass is 281 g/mol. The third-order valence-corrected chi connectivity index (χ3v) is 3.96.